The van der Waals surface area contributed by atoms with Crippen molar-refractivity contribution >= 4 is 51.6 Å². The number of carbonyl (C=O) groups excluding carboxylic acids is 2. The highest BCUT2D eigenvalue weighted by atomic mass is 35.5. The number of methoxy groups -OCH3 is 1. The molecule has 1 aliphatic rings. The van der Waals surface area contributed by atoms with Gasteiger partial charge in [0.25, 0.3) is 0 Å². The Morgan fingerprint density at radius 2 is 1.94 bits per heavy atom. The molecule has 0 radical (unpaired) electrons. The number of thioether (sulfide) groups is 1. The molecule has 4 rings (SSSR count). The van der Waals surface area contributed by atoms with Crippen molar-refractivity contribution in [3.8, 4) is 11.4 Å². The summed E-state index contributed by atoms with van der Waals surface area (Å²) in [5.41, 5.74) is 2.43. The molecule has 0 atom stereocenters. The van der Waals surface area contributed by atoms with Crippen molar-refractivity contribution in [2.45, 2.75) is 37.3 Å². The highest BCUT2D eigenvalue weighted by molar-refractivity contribution is 7.99. The molecule has 1 N–H and O–H groups in total. The smallest absolute Gasteiger partial charge is 0.341 e. The molecule has 0 fully saturated rings. The van der Waals surface area contributed by atoms with Crippen LogP contribution in [-0.2, 0) is 29.4 Å². The summed E-state index contributed by atoms with van der Waals surface area (Å²) in [7, 11) is 3.23. The van der Waals surface area contributed by atoms with Gasteiger partial charge >= 0.3 is 5.97 Å². The van der Waals surface area contributed by atoms with Gasteiger partial charge in [-0.1, -0.05) is 29.8 Å². The van der Waals surface area contributed by atoms with Gasteiger partial charge in [0.2, 0.25) is 5.91 Å². The van der Waals surface area contributed by atoms with Gasteiger partial charge in [0.1, 0.15) is 5.00 Å². The van der Waals surface area contributed by atoms with E-state index in [9.17, 15) is 9.59 Å². The molecule has 0 aliphatic heterocycles. The number of benzene rings is 1. The van der Waals surface area contributed by atoms with E-state index in [0.29, 0.717) is 26.6 Å². The molecule has 1 aromatic carbocycles. The number of halogens is 1. The number of carbonyl (C=O) groups is 2. The van der Waals surface area contributed by atoms with Crippen LogP contribution in [0.1, 0.15) is 40.1 Å². The third-order valence-corrected chi connectivity index (χ3v) is 7.81. The minimum absolute atomic E-state index is 0.149. The normalized spacial score (nSPS) is 13.3. The molecule has 0 spiro atoms. The highest BCUT2D eigenvalue weighted by Gasteiger charge is 2.26. The van der Waals surface area contributed by atoms with Gasteiger partial charge < -0.3 is 14.6 Å². The number of anilines is 1. The van der Waals surface area contributed by atoms with E-state index in [0.717, 1.165) is 43.2 Å². The van der Waals surface area contributed by atoms with Gasteiger partial charge in [0, 0.05) is 22.5 Å². The minimum atomic E-state index is -0.395. The zero-order chi connectivity index (χ0) is 22.7. The first-order chi connectivity index (χ1) is 15.5. The first kappa shape index (κ1) is 22.8. The minimum Gasteiger partial charge on any atom is -0.465 e. The van der Waals surface area contributed by atoms with Crippen LogP contribution in [0, 0.1) is 0 Å². The Morgan fingerprint density at radius 1 is 1.19 bits per heavy atom. The maximum atomic E-state index is 12.7. The number of thiophene rings is 1. The van der Waals surface area contributed by atoms with Crippen LogP contribution in [0.2, 0.25) is 5.02 Å². The average Bonchev–Trinajstić information content (AvgIpc) is 3.23. The molecule has 1 aliphatic carbocycles. The summed E-state index contributed by atoms with van der Waals surface area (Å²) in [6.07, 6.45) is 5.06. The van der Waals surface area contributed by atoms with Crippen LogP contribution in [0.3, 0.4) is 0 Å². The van der Waals surface area contributed by atoms with E-state index in [4.69, 9.17) is 16.3 Å². The van der Waals surface area contributed by atoms with E-state index < -0.39 is 5.97 Å². The van der Waals surface area contributed by atoms with Crippen LogP contribution in [0.25, 0.3) is 11.4 Å². The Balaban J connectivity index is 1.46. The molecular formula is C22H23ClN4O3S2. The van der Waals surface area contributed by atoms with Crippen LogP contribution in [-0.4, -0.2) is 39.5 Å². The predicted octanol–water partition coefficient (Wildman–Crippen LogP) is 4.98. The Hall–Kier alpha value is -2.36. The van der Waals surface area contributed by atoms with E-state index in [-0.39, 0.29) is 11.7 Å². The third-order valence-electron chi connectivity index (χ3n) is 5.33. The Labute approximate surface area is 199 Å². The fourth-order valence-electron chi connectivity index (χ4n) is 3.73. The van der Waals surface area contributed by atoms with Crippen LogP contribution >= 0.6 is 34.7 Å². The second kappa shape index (κ2) is 10.1. The zero-order valence-electron chi connectivity index (χ0n) is 17.8. The molecule has 32 heavy (non-hydrogen) atoms. The molecule has 2 heterocycles. The SMILES string of the molecule is COC(=O)c1c(NC(=O)CSc2nnc(-c3ccc(Cl)cc3)n2C)sc2c1CCCCC2. The number of amides is 1. The number of nitrogens with zero attached hydrogens (tertiary/aromatic N) is 3. The van der Waals surface area contributed by atoms with E-state index in [1.807, 2.05) is 23.7 Å². The summed E-state index contributed by atoms with van der Waals surface area (Å²) in [6, 6.07) is 7.35. The number of aryl methyl sites for hydroxylation is 1. The van der Waals surface area contributed by atoms with Crippen molar-refractivity contribution in [1.82, 2.24) is 14.8 Å². The third kappa shape index (κ3) is 4.84. The molecule has 2 aromatic heterocycles. The van der Waals surface area contributed by atoms with E-state index in [1.165, 1.54) is 35.1 Å². The molecule has 7 nitrogen and oxygen atoms in total. The second-order valence-corrected chi connectivity index (χ2v) is 9.95. The standard InChI is InChI=1S/C22H23ClN4O3S2/c1-27-19(13-8-10-14(23)11-9-13)25-26-22(27)31-12-17(28)24-20-18(21(29)30-2)15-6-4-3-5-7-16(15)32-20/h8-11H,3-7,12H2,1-2H3,(H,24,28). The predicted molar refractivity (Wildman–Crippen MR) is 128 cm³/mol. The number of rotatable bonds is 6. The summed E-state index contributed by atoms with van der Waals surface area (Å²) >= 11 is 8.74. The lowest BCUT2D eigenvalue weighted by molar-refractivity contribution is -0.113. The molecule has 10 heteroatoms. The van der Waals surface area contributed by atoms with Crippen LogP contribution < -0.4 is 5.32 Å². The summed E-state index contributed by atoms with van der Waals surface area (Å²) < 4.78 is 6.84. The van der Waals surface area contributed by atoms with Gasteiger partial charge in [0.05, 0.1) is 18.4 Å². The molecular weight excluding hydrogens is 468 g/mol. The number of hydrogen-bond donors (Lipinski definition) is 1. The summed E-state index contributed by atoms with van der Waals surface area (Å²) in [5, 5.41) is 13.2. The van der Waals surface area contributed by atoms with Crippen LogP contribution in [0.4, 0.5) is 5.00 Å². The highest BCUT2D eigenvalue weighted by Crippen LogP contribution is 2.38. The zero-order valence-corrected chi connectivity index (χ0v) is 20.2. The lowest BCUT2D eigenvalue weighted by Gasteiger charge is -2.07. The van der Waals surface area contributed by atoms with Gasteiger partial charge in [-0.15, -0.1) is 21.5 Å². The van der Waals surface area contributed by atoms with E-state index in [2.05, 4.69) is 15.5 Å². The van der Waals surface area contributed by atoms with Gasteiger partial charge in [0.15, 0.2) is 11.0 Å². The van der Waals surface area contributed by atoms with Crippen molar-refractivity contribution in [1.29, 1.82) is 0 Å². The quantitative estimate of drug-likeness (QED) is 0.298. The van der Waals surface area contributed by atoms with Crippen molar-refractivity contribution in [3.05, 3.63) is 45.3 Å². The first-order valence-corrected chi connectivity index (χ1v) is 12.5. The fraction of sp³-hybridized carbons (Fsp3) is 0.364. The fourth-order valence-corrected chi connectivity index (χ4v) is 5.86. The van der Waals surface area contributed by atoms with Crippen molar-refractivity contribution in [2.24, 2.45) is 7.05 Å². The van der Waals surface area contributed by atoms with Crippen LogP contribution in [0.5, 0.6) is 0 Å². The van der Waals surface area contributed by atoms with Crippen LogP contribution in [0.15, 0.2) is 29.4 Å². The van der Waals surface area contributed by atoms with Gasteiger partial charge in [-0.25, -0.2) is 4.79 Å². The van der Waals surface area contributed by atoms with E-state index in [1.54, 1.807) is 12.1 Å². The molecule has 1 amide bonds. The Bertz CT molecular complexity index is 1140. The summed E-state index contributed by atoms with van der Waals surface area (Å²) in [5.74, 6) is 0.246. The van der Waals surface area contributed by atoms with Gasteiger partial charge in [-0.05, 0) is 55.5 Å². The Kier molecular flexibility index (Phi) is 7.17. The topological polar surface area (TPSA) is 86.1 Å². The largest absolute Gasteiger partial charge is 0.465 e. The summed E-state index contributed by atoms with van der Waals surface area (Å²) in [6.45, 7) is 0. The molecule has 0 saturated heterocycles. The number of hydrogen-bond acceptors (Lipinski definition) is 7. The van der Waals surface area contributed by atoms with Crippen molar-refractivity contribution in [2.75, 3.05) is 18.2 Å². The number of fused-ring (bicyclic) bond motifs is 1. The lowest BCUT2D eigenvalue weighted by Crippen LogP contribution is -2.16. The maximum Gasteiger partial charge on any atom is 0.341 e. The van der Waals surface area contributed by atoms with Crippen molar-refractivity contribution < 1.29 is 14.3 Å². The van der Waals surface area contributed by atoms with Crippen molar-refractivity contribution in [3.63, 3.8) is 0 Å². The monoisotopic (exact) mass is 490 g/mol. The first-order valence-electron chi connectivity index (χ1n) is 10.3. The second-order valence-electron chi connectivity index (χ2n) is 7.47. The lowest BCUT2D eigenvalue weighted by atomic mass is 10.1. The molecule has 0 unspecified atom stereocenters. The molecule has 0 bridgehead atoms. The summed E-state index contributed by atoms with van der Waals surface area (Å²) in [4.78, 5) is 26.3. The van der Waals surface area contributed by atoms with Gasteiger partial charge in [-0.3, -0.25) is 4.79 Å². The Morgan fingerprint density at radius 3 is 2.69 bits per heavy atom. The molecule has 3 aromatic rings. The van der Waals surface area contributed by atoms with E-state index >= 15 is 0 Å². The van der Waals surface area contributed by atoms with Gasteiger partial charge in [-0.2, -0.15) is 0 Å². The number of esters is 1. The number of ether oxygens (including phenoxy) is 1. The average molecular weight is 491 g/mol. The molecule has 168 valence electrons. The maximum absolute atomic E-state index is 12.7. The molecule has 0 saturated carbocycles. The number of nitrogens with one attached hydrogen (secondary N) is 1. The number of aromatic nitrogens is 3.